The van der Waals surface area contributed by atoms with Gasteiger partial charge in [0.2, 0.25) is 11.8 Å². The van der Waals surface area contributed by atoms with Gasteiger partial charge in [0.25, 0.3) is 0 Å². The van der Waals surface area contributed by atoms with E-state index in [0.717, 1.165) is 13.0 Å². The molecule has 20 heavy (non-hydrogen) atoms. The monoisotopic (exact) mass is 276 g/mol. The van der Waals surface area contributed by atoms with E-state index in [2.05, 4.69) is 17.0 Å². The Morgan fingerprint density at radius 1 is 1.35 bits per heavy atom. The molecule has 0 atom stereocenters. The van der Waals surface area contributed by atoms with Gasteiger partial charge in [0.15, 0.2) is 5.75 Å². The molecule has 0 saturated heterocycles. The number of rotatable bonds is 6. The highest BCUT2D eigenvalue weighted by atomic mass is 16.5. The Kier molecular flexibility index (Phi) is 4.45. The Bertz CT molecular complexity index is 566. The zero-order chi connectivity index (χ0) is 14.5. The molecule has 0 amide bonds. The van der Waals surface area contributed by atoms with Crippen LogP contribution in [-0.4, -0.2) is 20.9 Å². The molecule has 6 nitrogen and oxygen atoms in total. The summed E-state index contributed by atoms with van der Waals surface area (Å²) in [6.45, 7) is 6.80. The topological polar surface area (TPSA) is 75.2 Å². The lowest BCUT2D eigenvalue weighted by Gasteiger charge is -2.11. The van der Waals surface area contributed by atoms with Crippen LogP contribution in [0.2, 0.25) is 0 Å². The second-order valence-electron chi connectivity index (χ2n) is 4.75. The third-order valence-corrected chi connectivity index (χ3v) is 2.50. The molecule has 0 radical (unpaired) electrons. The van der Waals surface area contributed by atoms with Gasteiger partial charge in [-0.15, -0.1) is 0 Å². The molecule has 108 valence electrons. The maximum absolute atomic E-state index is 5.82. The number of hydrogen-bond donors (Lipinski definition) is 1. The molecule has 2 rings (SSSR count). The molecule has 0 bridgehead atoms. The highest BCUT2D eigenvalue weighted by Gasteiger charge is 2.09. The van der Waals surface area contributed by atoms with Crippen LogP contribution in [0.4, 0.5) is 5.69 Å². The van der Waals surface area contributed by atoms with Crippen molar-refractivity contribution in [2.75, 3.05) is 5.73 Å². The van der Waals surface area contributed by atoms with Gasteiger partial charge in [0.05, 0.1) is 24.2 Å². The van der Waals surface area contributed by atoms with Gasteiger partial charge in [-0.1, -0.05) is 6.92 Å². The number of nitrogens with zero attached hydrogens (tertiary/aromatic N) is 3. The summed E-state index contributed by atoms with van der Waals surface area (Å²) in [6, 6.07) is 3.43. The average Bonchev–Trinajstić information content (AvgIpc) is 2.81. The Morgan fingerprint density at radius 2 is 2.15 bits per heavy atom. The van der Waals surface area contributed by atoms with Gasteiger partial charge in [-0.05, 0) is 26.3 Å². The van der Waals surface area contributed by atoms with E-state index < -0.39 is 0 Å². The average molecular weight is 276 g/mol. The van der Waals surface area contributed by atoms with Gasteiger partial charge in [-0.3, -0.25) is 4.68 Å². The normalized spacial score (nSPS) is 10.8. The number of aryl methyl sites for hydroxylation is 1. The Hall–Kier alpha value is -2.24. The highest BCUT2D eigenvalue weighted by molar-refractivity contribution is 5.49. The molecule has 2 aromatic rings. The molecule has 2 aromatic heterocycles. The summed E-state index contributed by atoms with van der Waals surface area (Å²) in [5, 5.41) is 4.20. The van der Waals surface area contributed by atoms with Crippen molar-refractivity contribution in [3.05, 3.63) is 24.5 Å². The minimum Gasteiger partial charge on any atom is -0.473 e. The zero-order valence-corrected chi connectivity index (χ0v) is 12.0. The fourth-order valence-corrected chi connectivity index (χ4v) is 1.68. The number of anilines is 1. The summed E-state index contributed by atoms with van der Waals surface area (Å²) >= 11 is 0. The summed E-state index contributed by atoms with van der Waals surface area (Å²) in [7, 11) is 0. The molecule has 2 N–H and O–H groups in total. The van der Waals surface area contributed by atoms with Crippen LogP contribution >= 0.6 is 0 Å². The van der Waals surface area contributed by atoms with Crippen LogP contribution in [0.15, 0.2) is 24.5 Å². The first-order chi connectivity index (χ1) is 9.58. The Labute approximate surface area is 118 Å². The molecule has 0 aliphatic rings. The molecule has 0 fully saturated rings. The SMILES string of the molecule is CCCn1cc(Oc2ccc(N)c(OC(C)C)n2)cn1. The summed E-state index contributed by atoms with van der Waals surface area (Å²) < 4.78 is 13.0. The second-order valence-corrected chi connectivity index (χ2v) is 4.75. The van der Waals surface area contributed by atoms with Gasteiger partial charge in [-0.25, -0.2) is 0 Å². The van der Waals surface area contributed by atoms with Crippen molar-refractivity contribution >= 4 is 5.69 Å². The number of nitrogen functional groups attached to an aromatic ring is 1. The summed E-state index contributed by atoms with van der Waals surface area (Å²) in [6.07, 6.45) is 4.53. The lowest BCUT2D eigenvalue weighted by Crippen LogP contribution is -2.09. The maximum atomic E-state index is 5.82. The lowest BCUT2D eigenvalue weighted by molar-refractivity contribution is 0.232. The molecule has 0 unspecified atom stereocenters. The fraction of sp³-hybridized carbons (Fsp3) is 0.429. The van der Waals surface area contributed by atoms with E-state index in [1.165, 1.54) is 0 Å². The largest absolute Gasteiger partial charge is 0.473 e. The van der Waals surface area contributed by atoms with E-state index in [9.17, 15) is 0 Å². The molecular weight excluding hydrogens is 256 g/mol. The summed E-state index contributed by atoms with van der Waals surface area (Å²) in [4.78, 5) is 4.26. The lowest BCUT2D eigenvalue weighted by atomic mass is 10.4. The first-order valence-corrected chi connectivity index (χ1v) is 6.72. The van der Waals surface area contributed by atoms with Gasteiger partial charge in [0, 0.05) is 12.6 Å². The molecular formula is C14H20N4O2. The van der Waals surface area contributed by atoms with Crippen molar-refractivity contribution in [2.45, 2.75) is 39.8 Å². The first-order valence-electron chi connectivity index (χ1n) is 6.72. The van der Waals surface area contributed by atoms with E-state index in [4.69, 9.17) is 15.2 Å². The summed E-state index contributed by atoms with van der Waals surface area (Å²) in [5.41, 5.74) is 6.31. The molecule has 2 heterocycles. The minimum absolute atomic E-state index is 0.00681. The van der Waals surface area contributed by atoms with Crippen molar-refractivity contribution in [2.24, 2.45) is 0 Å². The number of pyridine rings is 1. The van der Waals surface area contributed by atoms with Gasteiger partial charge in [0.1, 0.15) is 0 Å². The quantitative estimate of drug-likeness (QED) is 0.878. The molecule has 0 aliphatic heterocycles. The van der Waals surface area contributed by atoms with Crippen LogP contribution in [0.25, 0.3) is 0 Å². The first kappa shape index (κ1) is 14.2. The minimum atomic E-state index is 0.00681. The Balaban J connectivity index is 2.12. The van der Waals surface area contributed by atoms with Crippen LogP contribution in [0.3, 0.4) is 0 Å². The van der Waals surface area contributed by atoms with E-state index >= 15 is 0 Å². The summed E-state index contributed by atoms with van der Waals surface area (Å²) in [5.74, 6) is 1.47. The van der Waals surface area contributed by atoms with Crippen molar-refractivity contribution in [1.29, 1.82) is 0 Å². The molecule has 6 heteroatoms. The predicted molar refractivity (Wildman–Crippen MR) is 77.0 cm³/mol. The maximum Gasteiger partial charge on any atom is 0.240 e. The number of ether oxygens (including phenoxy) is 2. The van der Waals surface area contributed by atoms with Crippen LogP contribution in [-0.2, 0) is 6.54 Å². The van der Waals surface area contributed by atoms with Gasteiger partial charge < -0.3 is 15.2 Å². The van der Waals surface area contributed by atoms with Crippen molar-refractivity contribution in [3.63, 3.8) is 0 Å². The fourth-order valence-electron chi connectivity index (χ4n) is 1.68. The highest BCUT2D eigenvalue weighted by Crippen LogP contribution is 2.26. The van der Waals surface area contributed by atoms with Crippen LogP contribution < -0.4 is 15.2 Å². The van der Waals surface area contributed by atoms with E-state index in [0.29, 0.717) is 23.2 Å². The Morgan fingerprint density at radius 3 is 2.85 bits per heavy atom. The number of nitrogens with two attached hydrogens (primary N) is 1. The molecule has 0 aromatic carbocycles. The van der Waals surface area contributed by atoms with Gasteiger partial charge in [-0.2, -0.15) is 10.1 Å². The second kappa shape index (κ2) is 6.27. The van der Waals surface area contributed by atoms with Gasteiger partial charge >= 0.3 is 0 Å². The van der Waals surface area contributed by atoms with E-state index in [1.54, 1.807) is 18.3 Å². The van der Waals surface area contributed by atoms with E-state index in [-0.39, 0.29) is 6.10 Å². The third kappa shape index (κ3) is 3.63. The smallest absolute Gasteiger partial charge is 0.240 e. The number of hydrogen-bond acceptors (Lipinski definition) is 5. The van der Waals surface area contributed by atoms with Crippen molar-refractivity contribution in [1.82, 2.24) is 14.8 Å². The van der Waals surface area contributed by atoms with Crippen LogP contribution in [0.5, 0.6) is 17.5 Å². The van der Waals surface area contributed by atoms with Crippen LogP contribution in [0, 0.1) is 0 Å². The standard InChI is InChI=1S/C14H20N4O2/c1-4-7-18-9-11(8-16-18)20-13-6-5-12(15)14(17-13)19-10(2)3/h5-6,8-10H,4,7,15H2,1-3H3. The molecule has 0 saturated carbocycles. The van der Waals surface area contributed by atoms with E-state index in [1.807, 2.05) is 24.7 Å². The molecule has 0 spiro atoms. The predicted octanol–water partition coefficient (Wildman–Crippen LogP) is 2.85. The zero-order valence-electron chi connectivity index (χ0n) is 12.0. The molecule has 0 aliphatic carbocycles. The van der Waals surface area contributed by atoms with Crippen molar-refractivity contribution < 1.29 is 9.47 Å². The number of aromatic nitrogens is 3. The van der Waals surface area contributed by atoms with Crippen LogP contribution in [0.1, 0.15) is 27.2 Å². The van der Waals surface area contributed by atoms with Crippen molar-refractivity contribution in [3.8, 4) is 17.5 Å². The third-order valence-electron chi connectivity index (χ3n) is 2.50.